The molecule has 2 aliphatic rings. The summed E-state index contributed by atoms with van der Waals surface area (Å²) < 4.78 is 0. The Kier molecular flexibility index (Phi) is 11.6. The van der Waals surface area contributed by atoms with E-state index in [4.69, 9.17) is 5.73 Å². The van der Waals surface area contributed by atoms with Gasteiger partial charge in [-0.2, -0.15) is 0 Å². The molecule has 0 spiro atoms. The summed E-state index contributed by atoms with van der Waals surface area (Å²) in [4.78, 5) is 93.3. The Labute approximate surface area is 332 Å². The van der Waals surface area contributed by atoms with Crippen LogP contribution in [-0.2, 0) is 20.9 Å². The van der Waals surface area contributed by atoms with Gasteiger partial charge in [-0.05, 0) is 78.4 Å². The number of rotatable bonds is 15. The molecule has 1 fully saturated rings. The van der Waals surface area contributed by atoms with Crippen LogP contribution in [0.1, 0.15) is 72.7 Å². The van der Waals surface area contributed by atoms with E-state index in [0.29, 0.717) is 48.3 Å². The lowest BCUT2D eigenvalue weighted by molar-refractivity contribution is -0.136. The number of pyridine rings is 1. The first-order valence-electron chi connectivity index (χ1n) is 18.8. The van der Waals surface area contributed by atoms with Gasteiger partial charge in [-0.3, -0.25) is 48.8 Å². The number of hydrogen-bond donors (Lipinski definition) is 6. The van der Waals surface area contributed by atoms with Gasteiger partial charge in [0.15, 0.2) is 0 Å². The Morgan fingerprint density at radius 1 is 0.828 bits per heavy atom. The standard InChI is InChI=1S/C43H40N8O7/c44-39(54)32-23-48-33-16-15-27(21-31(33)38(32)49-29-8-2-1-3-9-29)25-11-13-26(14-12-25)40(55)47-20-5-4-19-46-36(53)24-45-22-28-7-6-10-30-37(28)43(58)51(42(30)57)34-17-18-35(52)50-41(34)56/h1-3,6-16,21,23,34,45H,4-5,17-20,22,24H2,(H2,44,54)(H,46,53)(H,47,55)(H,48,49)(H,50,52,56). The number of imide groups is 2. The molecule has 294 valence electrons. The molecule has 7 rings (SSSR count). The fourth-order valence-corrected chi connectivity index (χ4v) is 7.06. The molecule has 7 N–H and O–H groups in total. The van der Waals surface area contributed by atoms with E-state index in [1.165, 1.54) is 12.3 Å². The van der Waals surface area contributed by atoms with Crippen molar-refractivity contribution in [2.24, 2.45) is 5.73 Å². The second kappa shape index (κ2) is 17.3. The lowest BCUT2D eigenvalue weighted by Crippen LogP contribution is -2.54. The summed E-state index contributed by atoms with van der Waals surface area (Å²) in [7, 11) is 0. The quantitative estimate of drug-likeness (QED) is 0.0670. The van der Waals surface area contributed by atoms with Crippen molar-refractivity contribution in [3.8, 4) is 11.1 Å². The number of hydrogen-bond acceptors (Lipinski definition) is 10. The number of unbranched alkanes of at least 4 members (excludes halogenated alkanes) is 1. The zero-order valence-corrected chi connectivity index (χ0v) is 31.3. The molecular formula is C43H40N8O7. The number of anilines is 2. The molecule has 1 saturated heterocycles. The van der Waals surface area contributed by atoms with Gasteiger partial charge in [0.05, 0.1) is 34.4 Å². The molecule has 0 saturated carbocycles. The first kappa shape index (κ1) is 39.0. The van der Waals surface area contributed by atoms with E-state index in [9.17, 15) is 33.6 Å². The van der Waals surface area contributed by atoms with E-state index in [2.05, 4.69) is 31.6 Å². The molecule has 0 radical (unpaired) electrons. The fraction of sp³-hybridized carbons (Fsp3) is 0.209. The summed E-state index contributed by atoms with van der Waals surface area (Å²) in [5, 5.41) is 15.0. The number of nitrogens with two attached hydrogens (primary N) is 1. The maximum absolute atomic E-state index is 13.3. The number of nitrogens with zero attached hydrogens (tertiary/aromatic N) is 2. The zero-order chi connectivity index (χ0) is 40.8. The van der Waals surface area contributed by atoms with E-state index >= 15 is 0 Å². The zero-order valence-electron chi connectivity index (χ0n) is 31.3. The molecule has 2 aliphatic heterocycles. The summed E-state index contributed by atoms with van der Waals surface area (Å²) >= 11 is 0. The number of fused-ring (bicyclic) bond motifs is 2. The van der Waals surface area contributed by atoms with Gasteiger partial charge in [0.2, 0.25) is 17.7 Å². The first-order valence-corrected chi connectivity index (χ1v) is 18.8. The molecular weight excluding hydrogens is 741 g/mol. The van der Waals surface area contributed by atoms with Gasteiger partial charge in [0.1, 0.15) is 6.04 Å². The van der Waals surface area contributed by atoms with Crippen LogP contribution in [0.2, 0.25) is 0 Å². The van der Waals surface area contributed by atoms with E-state index in [1.54, 1.807) is 24.3 Å². The van der Waals surface area contributed by atoms with Crippen molar-refractivity contribution >= 4 is 63.6 Å². The molecule has 58 heavy (non-hydrogen) atoms. The second-order valence-electron chi connectivity index (χ2n) is 13.9. The second-order valence-corrected chi connectivity index (χ2v) is 13.9. The number of benzene rings is 4. The smallest absolute Gasteiger partial charge is 0.262 e. The van der Waals surface area contributed by atoms with Crippen molar-refractivity contribution < 1.29 is 33.6 Å². The minimum atomic E-state index is -1.06. The van der Waals surface area contributed by atoms with E-state index in [0.717, 1.165) is 27.1 Å². The van der Waals surface area contributed by atoms with Crippen LogP contribution in [0.4, 0.5) is 11.4 Å². The summed E-state index contributed by atoms with van der Waals surface area (Å²) in [5.74, 6) is -3.40. The number of nitrogens with one attached hydrogen (secondary N) is 5. The average molecular weight is 781 g/mol. The molecule has 15 heteroatoms. The minimum absolute atomic E-state index is 0.0313. The summed E-state index contributed by atoms with van der Waals surface area (Å²) in [6.07, 6.45) is 2.82. The van der Waals surface area contributed by atoms with Gasteiger partial charge >= 0.3 is 0 Å². The highest BCUT2D eigenvalue weighted by Gasteiger charge is 2.45. The number of carbonyl (C=O) groups is 7. The minimum Gasteiger partial charge on any atom is -0.365 e. The number of primary amides is 1. The van der Waals surface area contributed by atoms with Gasteiger partial charge in [-0.25, -0.2) is 0 Å². The molecule has 5 aromatic rings. The summed E-state index contributed by atoms with van der Waals surface area (Å²) in [5.41, 5.74) is 11.1. The lowest BCUT2D eigenvalue weighted by atomic mass is 9.99. The predicted molar refractivity (Wildman–Crippen MR) is 215 cm³/mol. The van der Waals surface area contributed by atoms with Gasteiger partial charge in [-0.15, -0.1) is 0 Å². The van der Waals surface area contributed by atoms with Crippen molar-refractivity contribution in [1.29, 1.82) is 0 Å². The fourth-order valence-electron chi connectivity index (χ4n) is 7.06. The van der Waals surface area contributed by atoms with Crippen molar-refractivity contribution in [3.05, 3.63) is 125 Å². The van der Waals surface area contributed by atoms with E-state index in [1.807, 2.05) is 60.7 Å². The summed E-state index contributed by atoms with van der Waals surface area (Å²) in [6.45, 7) is 0.903. The Bertz CT molecular complexity index is 2450. The third-order valence-electron chi connectivity index (χ3n) is 10.0. The molecule has 0 aliphatic carbocycles. The number of amides is 7. The maximum Gasteiger partial charge on any atom is 0.262 e. The Balaban J connectivity index is 0.850. The molecule has 4 aromatic carbocycles. The summed E-state index contributed by atoms with van der Waals surface area (Å²) in [6, 6.07) is 26.2. The van der Waals surface area contributed by atoms with Gasteiger partial charge in [0, 0.05) is 48.9 Å². The topological polar surface area (TPSA) is 222 Å². The lowest BCUT2D eigenvalue weighted by Gasteiger charge is -2.27. The normalized spacial score (nSPS) is 14.9. The van der Waals surface area contributed by atoms with Gasteiger partial charge < -0.3 is 27.0 Å². The van der Waals surface area contributed by atoms with Gasteiger partial charge in [0.25, 0.3) is 23.6 Å². The highest BCUT2D eigenvalue weighted by Crippen LogP contribution is 2.33. The highest BCUT2D eigenvalue weighted by atomic mass is 16.2. The van der Waals surface area contributed by atoms with Crippen molar-refractivity contribution in [3.63, 3.8) is 0 Å². The van der Waals surface area contributed by atoms with Crippen LogP contribution < -0.4 is 32.3 Å². The SMILES string of the molecule is NC(=O)c1cnc2ccc(-c3ccc(C(=O)NCCCCNC(=O)CNCc4cccc5c4C(=O)N(C4CCC(=O)NC4=O)C5=O)cc3)cc2c1Nc1ccccc1. The highest BCUT2D eigenvalue weighted by molar-refractivity contribution is 6.24. The number of aromatic nitrogens is 1. The molecule has 15 nitrogen and oxygen atoms in total. The molecule has 3 heterocycles. The Morgan fingerprint density at radius 3 is 2.31 bits per heavy atom. The van der Waals surface area contributed by atoms with Crippen LogP contribution in [0.5, 0.6) is 0 Å². The van der Waals surface area contributed by atoms with Gasteiger partial charge in [-0.1, -0.05) is 48.5 Å². The first-order chi connectivity index (χ1) is 28.1. The molecule has 1 atom stereocenters. The Hall–Kier alpha value is -7.26. The third-order valence-corrected chi connectivity index (χ3v) is 10.0. The van der Waals surface area contributed by atoms with Crippen molar-refractivity contribution in [2.75, 3.05) is 25.0 Å². The molecule has 0 bridgehead atoms. The number of para-hydroxylation sites is 1. The average Bonchev–Trinajstić information content (AvgIpc) is 3.48. The van der Waals surface area contributed by atoms with E-state index < -0.39 is 35.6 Å². The molecule has 1 aromatic heterocycles. The maximum atomic E-state index is 13.3. The molecule has 1 unspecified atom stereocenters. The van der Waals surface area contributed by atoms with Crippen molar-refractivity contribution in [2.45, 2.75) is 38.3 Å². The number of piperidine rings is 1. The van der Waals surface area contributed by atoms with Crippen LogP contribution in [0.25, 0.3) is 22.0 Å². The Morgan fingerprint density at radius 2 is 1.57 bits per heavy atom. The third kappa shape index (κ3) is 8.44. The monoisotopic (exact) mass is 780 g/mol. The van der Waals surface area contributed by atoms with Crippen LogP contribution in [0, 0.1) is 0 Å². The van der Waals surface area contributed by atoms with Crippen LogP contribution in [-0.4, -0.2) is 76.9 Å². The van der Waals surface area contributed by atoms with Crippen molar-refractivity contribution in [1.82, 2.24) is 31.2 Å². The molecule has 7 amide bonds. The predicted octanol–water partition coefficient (Wildman–Crippen LogP) is 3.56. The van der Waals surface area contributed by atoms with Crippen LogP contribution >= 0.6 is 0 Å². The van der Waals surface area contributed by atoms with Crippen LogP contribution in [0.15, 0.2) is 97.2 Å². The largest absolute Gasteiger partial charge is 0.365 e. The number of carbonyl (C=O) groups excluding carboxylic acids is 7. The van der Waals surface area contributed by atoms with Crippen LogP contribution in [0.3, 0.4) is 0 Å². The van der Waals surface area contributed by atoms with E-state index in [-0.39, 0.29) is 54.4 Å².